The Bertz CT molecular complexity index is 816. The minimum atomic E-state index is -0.331. The topological polar surface area (TPSA) is 96.5 Å². The normalized spacial score (nSPS) is 10.5. The highest BCUT2D eigenvalue weighted by molar-refractivity contribution is 5.93. The highest BCUT2D eigenvalue weighted by Gasteiger charge is 2.12. The van der Waals surface area contributed by atoms with Gasteiger partial charge in [-0.3, -0.25) is 4.79 Å². The molecule has 0 aliphatic rings. The summed E-state index contributed by atoms with van der Waals surface area (Å²) < 4.78 is 12.9. The second-order valence-corrected chi connectivity index (χ2v) is 4.93. The molecule has 1 amide bonds. The van der Waals surface area contributed by atoms with Crippen molar-refractivity contribution in [1.29, 1.82) is 0 Å². The van der Waals surface area contributed by atoms with E-state index < -0.39 is 0 Å². The summed E-state index contributed by atoms with van der Waals surface area (Å²) >= 11 is 0. The van der Waals surface area contributed by atoms with Crippen molar-refractivity contribution in [2.75, 3.05) is 0 Å². The van der Waals surface area contributed by atoms with E-state index in [1.54, 1.807) is 31.2 Å². The zero-order valence-electron chi connectivity index (χ0n) is 12.2. The molecule has 2 N–H and O–H groups in total. The minimum absolute atomic E-state index is 0.256. The summed E-state index contributed by atoms with van der Waals surface area (Å²) in [5.41, 5.74) is 2.37. The molecule has 0 fully saturated rings. The molecule has 0 saturated carbocycles. The van der Waals surface area contributed by atoms with E-state index in [0.717, 1.165) is 5.56 Å². The largest absolute Gasteiger partial charge is 0.347 e. The van der Waals surface area contributed by atoms with Crippen LogP contribution in [-0.2, 0) is 6.54 Å². The summed E-state index contributed by atoms with van der Waals surface area (Å²) in [5, 5.41) is 16.4. The number of amides is 1. The molecule has 23 heavy (non-hydrogen) atoms. The van der Waals surface area contributed by atoms with Crippen molar-refractivity contribution in [3.63, 3.8) is 0 Å². The van der Waals surface area contributed by atoms with E-state index in [9.17, 15) is 9.18 Å². The lowest BCUT2D eigenvalue weighted by Gasteiger charge is -2.07. The summed E-state index contributed by atoms with van der Waals surface area (Å²) in [4.78, 5) is 16.5. The lowest BCUT2D eigenvalue weighted by molar-refractivity contribution is 0.0946. The molecule has 0 spiro atoms. The van der Waals surface area contributed by atoms with Gasteiger partial charge in [-0.15, -0.1) is 10.2 Å². The van der Waals surface area contributed by atoms with Gasteiger partial charge in [0.2, 0.25) is 5.82 Å². The second-order valence-electron chi connectivity index (χ2n) is 4.93. The fraction of sp³-hybridized carbons (Fsp3) is 0.133. The van der Waals surface area contributed by atoms with Gasteiger partial charge >= 0.3 is 0 Å². The Balaban J connectivity index is 1.75. The number of tetrazole rings is 1. The van der Waals surface area contributed by atoms with Crippen molar-refractivity contribution in [1.82, 2.24) is 30.9 Å². The Hall–Kier alpha value is -3.16. The number of hydrogen-bond donors (Lipinski definition) is 2. The van der Waals surface area contributed by atoms with Crippen LogP contribution in [0.5, 0.6) is 0 Å². The van der Waals surface area contributed by atoms with Crippen molar-refractivity contribution in [3.8, 4) is 11.4 Å². The fourth-order valence-electron chi connectivity index (χ4n) is 2.07. The van der Waals surface area contributed by atoms with E-state index in [1.807, 2.05) is 0 Å². The number of rotatable bonds is 4. The number of nitrogens with zero attached hydrogens (tertiary/aromatic N) is 4. The van der Waals surface area contributed by atoms with Crippen LogP contribution in [0.2, 0.25) is 0 Å². The number of halogens is 1. The molecule has 0 bridgehead atoms. The fourth-order valence-corrected chi connectivity index (χ4v) is 2.07. The monoisotopic (exact) mass is 312 g/mol. The average molecular weight is 312 g/mol. The smallest absolute Gasteiger partial charge is 0.270 e. The van der Waals surface area contributed by atoms with Gasteiger partial charge in [0.05, 0.1) is 0 Å². The highest BCUT2D eigenvalue weighted by Crippen LogP contribution is 2.15. The van der Waals surface area contributed by atoms with Gasteiger partial charge < -0.3 is 5.32 Å². The van der Waals surface area contributed by atoms with Crippen LogP contribution in [0.15, 0.2) is 36.4 Å². The second kappa shape index (κ2) is 6.30. The molecule has 8 heteroatoms. The first-order valence-corrected chi connectivity index (χ1v) is 6.87. The van der Waals surface area contributed by atoms with E-state index in [4.69, 9.17) is 0 Å². The maximum atomic E-state index is 12.9. The summed E-state index contributed by atoms with van der Waals surface area (Å²) in [6, 6.07) is 9.29. The first-order chi connectivity index (χ1) is 11.1. The molecular formula is C15H13FN6O. The number of pyridine rings is 1. The highest BCUT2D eigenvalue weighted by atomic mass is 19.1. The van der Waals surface area contributed by atoms with Crippen molar-refractivity contribution in [2.45, 2.75) is 13.5 Å². The van der Waals surface area contributed by atoms with Crippen LogP contribution >= 0.6 is 0 Å². The Morgan fingerprint density at radius 3 is 2.74 bits per heavy atom. The average Bonchev–Trinajstić information content (AvgIpc) is 3.08. The molecule has 2 heterocycles. The van der Waals surface area contributed by atoms with Gasteiger partial charge in [0.1, 0.15) is 11.5 Å². The van der Waals surface area contributed by atoms with Crippen LogP contribution in [0.25, 0.3) is 11.4 Å². The number of carbonyl (C=O) groups is 1. The van der Waals surface area contributed by atoms with Crippen molar-refractivity contribution in [3.05, 3.63) is 59.2 Å². The number of carbonyl (C=O) groups excluding carboxylic acids is 1. The van der Waals surface area contributed by atoms with E-state index in [2.05, 4.69) is 30.9 Å². The van der Waals surface area contributed by atoms with Crippen molar-refractivity contribution in [2.24, 2.45) is 0 Å². The van der Waals surface area contributed by atoms with Gasteiger partial charge in [-0.25, -0.2) is 9.37 Å². The van der Waals surface area contributed by atoms with Crippen LogP contribution in [0.1, 0.15) is 21.7 Å². The Labute approximate surface area is 131 Å². The molecule has 1 aromatic carbocycles. The number of aromatic nitrogens is 5. The third-order valence-electron chi connectivity index (χ3n) is 3.16. The number of H-pyrrole nitrogens is 1. The molecule has 0 radical (unpaired) electrons. The van der Waals surface area contributed by atoms with Gasteiger partial charge in [0.15, 0.2) is 0 Å². The minimum Gasteiger partial charge on any atom is -0.347 e. The SMILES string of the molecule is Cc1cc(-c2nn[nH]n2)cc(C(=O)NCc2ccc(F)cc2)n1. The number of benzene rings is 1. The number of aryl methyl sites for hydroxylation is 1. The molecule has 0 aliphatic heterocycles. The third-order valence-corrected chi connectivity index (χ3v) is 3.16. The zero-order chi connectivity index (χ0) is 16.2. The van der Waals surface area contributed by atoms with Gasteiger partial charge in [-0.2, -0.15) is 5.21 Å². The molecule has 116 valence electrons. The Morgan fingerprint density at radius 2 is 2.04 bits per heavy atom. The molecule has 2 aromatic heterocycles. The van der Waals surface area contributed by atoms with Crippen LogP contribution in [0.4, 0.5) is 4.39 Å². The first-order valence-electron chi connectivity index (χ1n) is 6.87. The molecule has 0 saturated heterocycles. The van der Waals surface area contributed by atoms with E-state index in [1.165, 1.54) is 12.1 Å². The molecule has 0 atom stereocenters. The predicted octanol–water partition coefficient (Wildman–Crippen LogP) is 1.64. The maximum Gasteiger partial charge on any atom is 0.270 e. The van der Waals surface area contributed by atoms with Crippen LogP contribution in [0, 0.1) is 12.7 Å². The van der Waals surface area contributed by atoms with E-state index >= 15 is 0 Å². The summed E-state index contributed by atoms with van der Waals surface area (Å²) in [6.07, 6.45) is 0. The standard InChI is InChI=1S/C15H13FN6O/c1-9-6-11(14-19-21-22-20-14)7-13(18-9)15(23)17-8-10-2-4-12(16)5-3-10/h2-7H,8H2,1H3,(H,17,23)(H,19,20,21,22). The van der Waals surface area contributed by atoms with Gasteiger partial charge in [-0.1, -0.05) is 12.1 Å². The molecule has 0 unspecified atom stereocenters. The predicted molar refractivity (Wildman–Crippen MR) is 79.7 cm³/mol. The molecular weight excluding hydrogens is 299 g/mol. The van der Waals surface area contributed by atoms with Gasteiger partial charge in [0.25, 0.3) is 5.91 Å². The summed E-state index contributed by atoms with van der Waals surface area (Å²) in [5.74, 6) is -0.254. The number of aromatic amines is 1. The van der Waals surface area contributed by atoms with Crippen LogP contribution < -0.4 is 5.32 Å². The quantitative estimate of drug-likeness (QED) is 0.763. The van der Waals surface area contributed by atoms with Crippen LogP contribution in [-0.4, -0.2) is 31.5 Å². The third kappa shape index (κ3) is 3.54. The lowest BCUT2D eigenvalue weighted by atomic mass is 10.1. The van der Waals surface area contributed by atoms with Crippen LogP contribution in [0.3, 0.4) is 0 Å². The molecule has 3 aromatic rings. The van der Waals surface area contributed by atoms with Crippen molar-refractivity contribution >= 4 is 5.91 Å². The summed E-state index contributed by atoms with van der Waals surface area (Å²) in [6.45, 7) is 2.06. The zero-order valence-corrected chi connectivity index (χ0v) is 12.2. The van der Waals surface area contributed by atoms with E-state index in [0.29, 0.717) is 17.1 Å². The number of nitrogens with one attached hydrogen (secondary N) is 2. The number of hydrogen-bond acceptors (Lipinski definition) is 5. The first kappa shape index (κ1) is 14.8. The maximum absolute atomic E-state index is 12.9. The van der Waals surface area contributed by atoms with Gasteiger partial charge in [-0.05, 0) is 42.0 Å². The lowest BCUT2D eigenvalue weighted by Crippen LogP contribution is -2.24. The van der Waals surface area contributed by atoms with E-state index in [-0.39, 0.29) is 24.0 Å². The summed E-state index contributed by atoms with van der Waals surface area (Å²) in [7, 11) is 0. The Kier molecular flexibility index (Phi) is 4.05. The van der Waals surface area contributed by atoms with Crippen molar-refractivity contribution < 1.29 is 9.18 Å². The van der Waals surface area contributed by atoms with Gasteiger partial charge in [0, 0.05) is 17.8 Å². The molecule has 0 aliphatic carbocycles. The molecule has 3 rings (SSSR count). The molecule has 7 nitrogen and oxygen atoms in total. The Morgan fingerprint density at radius 1 is 1.26 bits per heavy atom.